The molecule has 3 aromatic rings. The van der Waals surface area contributed by atoms with Crippen LogP contribution in [0.5, 0.6) is 5.75 Å². The van der Waals surface area contributed by atoms with Crippen molar-refractivity contribution in [1.29, 1.82) is 0 Å². The van der Waals surface area contributed by atoms with E-state index >= 15 is 0 Å². The molecule has 0 aliphatic rings. The number of halogens is 2. The molecule has 0 N–H and O–H groups in total. The van der Waals surface area contributed by atoms with Crippen LogP contribution in [0.15, 0.2) is 47.0 Å². The van der Waals surface area contributed by atoms with Crippen LogP contribution in [0, 0.1) is 0 Å². The van der Waals surface area contributed by atoms with Crippen LogP contribution in [-0.2, 0) is 22.3 Å². The Kier molecular flexibility index (Phi) is 6.79. The number of ether oxygens (including phenoxy) is 1. The molecule has 0 saturated carbocycles. The lowest BCUT2D eigenvalue weighted by molar-refractivity contribution is 0.336. The van der Waals surface area contributed by atoms with Crippen molar-refractivity contribution in [3.8, 4) is 17.1 Å². The summed E-state index contributed by atoms with van der Waals surface area (Å²) < 4.78 is 37.0. The van der Waals surface area contributed by atoms with E-state index in [1.165, 1.54) is 13.1 Å². The van der Waals surface area contributed by atoms with Crippen LogP contribution in [0.1, 0.15) is 18.4 Å². The molecule has 2 aromatic carbocycles. The van der Waals surface area contributed by atoms with Crippen molar-refractivity contribution in [3.63, 3.8) is 0 Å². The van der Waals surface area contributed by atoms with Crippen molar-refractivity contribution >= 4 is 33.2 Å². The average molecular weight is 456 g/mol. The van der Waals surface area contributed by atoms with Crippen molar-refractivity contribution < 1.29 is 17.7 Å². The molecule has 0 aliphatic carbocycles. The molecule has 0 saturated heterocycles. The highest BCUT2D eigenvalue weighted by Gasteiger charge is 2.22. The molecule has 1 aromatic heterocycles. The number of hydrogen-bond acceptors (Lipinski definition) is 6. The second-order valence-corrected chi connectivity index (χ2v) is 9.12. The van der Waals surface area contributed by atoms with Crippen LogP contribution in [-0.4, -0.2) is 36.5 Å². The van der Waals surface area contributed by atoms with Gasteiger partial charge in [0, 0.05) is 12.6 Å². The van der Waals surface area contributed by atoms with E-state index in [-0.39, 0.29) is 18.2 Å². The van der Waals surface area contributed by atoms with Crippen LogP contribution < -0.4 is 4.74 Å². The summed E-state index contributed by atoms with van der Waals surface area (Å²) in [7, 11) is -2.17. The topological polar surface area (TPSA) is 85.5 Å². The number of aromatic nitrogens is 2. The van der Waals surface area contributed by atoms with E-state index in [4.69, 9.17) is 32.5 Å². The lowest BCUT2D eigenvalue weighted by Gasteiger charge is -2.15. The predicted octanol–water partition coefficient (Wildman–Crippen LogP) is 4.40. The molecule has 0 atom stereocenters. The quantitative estimate of drug-likeness (QED) is 0.500. The van der Waals surface area contributed by atoms with Crippen molar-refractivity contribution in [1.82, 2.24) is 14.4 Å². The first-order valence-electron chi connectivity index (χ1n) is 8.72. The summed E-state index contributed by atoms with van der Waals surface area (Å²) in [5, 5.41) is 4.60. The molecule has 3 rings (SSSR count). The lowest BCUT2D eigenvalue weighted by atomic mass is 10.2. The average Bonchev–Trinajstić information content (AvgIpc) is 3.14. The van der Waals surface area contributed by atoms with Crippen LogP contribution in [0.3, 0.4) is 0 Å². The predicted molar refractivity (Wildman–Crippen MR) is 111 cm³/mol. The highest BCUT2D eigenvalue weighted by atomic mass is 35.5. The van der Waals surface area contributed by atoms with E-state index in [2.05, 4.69) is 10.1 Å². The zero-order valence-electron chi connectivity index (χ0n) is 15.8. The molecule has 7 nitrogen and oxygen atoms in total. The van der Waals surface area contributed by atoms with Gasteiger partial charge in [-0.3, -0.25) is 0 Å². The van der Waals surface area contributed by atoms with E-state index < -0.39 is 10.0 Å². The summed E-state index contributed by atoms with van der Waals surface area (Å²) >= 11 is 11.8. The van der Waals surface area contributed by atoms with Crippen molar-refractivity contribution in [3.05, 3.63) is 64.0 Å². The zero-order chi connectivity index (χ0) is 21.0. The molecule has 0 fully saturated rings. The lowest BCUT2D eigenvalue weighted by Crippen LogP contribution is -2.27. The van der Waals surface area contributed by atoms with E-state index in [0.717, 1.165) is 15.6 Å². The molecular formula is C19H19Cl2N3O4S. The highest BCUT2D eigenvalue weighted by Crippen LogP contribution is 2.24. The van der Waals surface area contributed by atoms with E-state index in [9.17, 15) is 8.42 Å². The summed E-state index contributed by atoms with van der Waals surface area (Å²) in [5.74, 6) is 1.08. The van der Waals surface area contributed by atoms with Gasteiger partial charge >= 0.3 is 0 Å². The third kappa shape index (κ3) is 5.48. The zero-order valence-corrected chi connectivity index (χ0v) is 18.1. The Bertz CT molecular complexity index is 1090. The van der Waals surface area contributed by atoms with Gasteiger partial charge in [0.2, 0.25) is 21.7 Å². The van der Waals surface area contributed by atoms with Gasteiger partial charge < -0.3 is 9.26 Å². The first-order valence-corrected chi connectivity index (χ1v) is 11.1. The fourth-order valence-electron chi connectivity index (χ4n) is 2.54. The van der Waals surface area contributed by atoms with Gasteiger partial charge in [-0.1, -0.05) is 34.4 Å². The first kappa shape index (κ1) is 21.6. The highest BCUT2D eigenvalue weighted by molar-refractivity contribution is 7.88. The Morgan fingerprint density at radius 1 is 1.10 bits per heavy atom. The van der Waals surface area contributed by atoms with Gasteiger partial charge in [-0.25, -0.2) is 8.42 Å². The third-order valence-corrected chi connectivity index (χ3v) is 6.57. The minimum atomic E-state index is -3.62. The monoisotopic (exact) mass is 455 g/mol. The molecule has 1 heterocycles. The smallest absolute Gasteiger partial charge is 0.242 e. The fourth-order valence-corrected chi connectivity index (χ4v) is 3.99. The van der Waals surface area contributed by atoms with E-state index in [0.29, 0.717) is 28.0 Å². The Labute approximate surface area is 179 Å². The molecule has 0 amide bonds. The molecule has 154 valence electrons. The van der Waals surface area contributed by atoms with Crippen LogP contribution in [0.4, 0.5) is 0 Å². The Balaban J connectivity index is 1.68. The largest absolute Gasteiger partial charge is 0.494 e. The van der Waals surface area contributed by atoms with Crippen LogP contribution in [0.2, 0.25) is 10.0 Å². The van der Waals surface area contributed by atoms with Gasteiger partial charge in [0.15, 0.2) is 0 Å². The summed E-state index contributed by atoms with van der Waals surface area (Å²) in [6, 6.07) is 12.0. The Morgan fingerprint density at radius 2 is 1.83 bits per heavy atom. The summed E-state index contributed by atoms with van der Waals surface area (Å²) in [6.07, 6.45) is 0. The standard InChI is InChI=1S/C19H19Cl2N3O4S/c1-3-27-15-7-5-14(6-8-15)19-22-18(28-23-19)11-24(2)29(25,26)12-13-4-9-16(20)17(21)10-13/h4-10H,3,11-12H2,1-2H3. The maximum atomic E-state index is 12.6. The molecule has 0 unspecified atom stereocenters. The molecule has 0 radical (unpaired) electrons. The minimum Gasteiger partial charge on any atom is -0.494 e. The van der Waals surface area contributed by atoms with Gasteiger partial charge in [0.25, 0.3) is 0 Å². The third-order valence-electron chi connectivity index (χ3n) is 4.06. The maximum Gasteiger partial charge on any atom is 0.242 e. The molecule has 10 heteroatoms. The second-order valence-electron chi connectivity index (χ2n) is 6.23. The van der Waals surface area contributed by atoms with Crippen LogP contribution in [0.25, 0.3) is 11.4 Å². The first-order chi connectivity index (χ1) is 13.8. The van der Waals surface area contributed by atoms with Gasteiger partial charge in [0.1, 0.15) is 5.75 Å². The molecule has 0 aliphatic heterocycles. The molecule has 0 bridgehead atoms. The van der Waals surface area contributed by atoms with E-state index in [1.54, 1.807) is 12.1 Å². The summed E-state index contributed by atoms with van der Waals surface area (Å²) in [5.41, 5.74) is 1.27. The number of benzene rings is 2. The Hall–Kier alpha value is -2.13. The van der Waals surface area contributed by atoms with Gasteiger partial charge in [-0.05, 0) is 48.9 Å². The molecule has 29 heavy (non-hydrogen) atoms. The minimum absolute atomic E-state index is 0.0479. The van der Waals surface area contributed by atoms with E-state index in [1.807, 2.05) is 31.2 Å². The van der Waals surface area contributed by atoms with Crippen molar-refractivity contribution in [2.45, 2.75) is 19.2 Å². The molecule has 0 spiro atoms. The maximum absolute atomic E-state index is 12.6. The number of sulfonamides is 1. The van der Waals surface area contributed by atoms with Gasteiger partial charge in [0.05, 0.1) is 28.9 Å². The number of nitrogens with zero attached hydrogens (tertiary/aromatic N) is 3. The second kappa shape index (κ2) is 9.13. The number of rotatable bonds is 8. The summed E-state index contributed by atoms with van der Waals surface area (Å²) in [4.78, 5) is 4.28. The Morgan fingerprint density at radius 3 is 2.48 bits per heavy atom. The summed E-state index contributed by atoms with van der Waals surface area (Å²) in [6.45, 7) is 2.44. The fraction of sp³-hybridized carbons (Fsp3) is 0.263. The van der Waals surface area contributed by atoms with Gasteiger partial charge in [-0.2, -0.15) is 9.29 Å². The molecular weight excluding hydrogens is 437 g/mol. The normalized spacial score (nSPS) is 11.8. The van der Waals surface area contributed by atoms with Crippen molar-refractivity contribution in [2.75, 3.05) is 13.7 Å². The van der Waals surface area contributed by atoms with Crippen molar-refractivity contribution in [2.24, 2.45) is 0 Å². The van der Waals surface area contributed by atoms with Crippen LogP contribution >= 0.6 is 23.2 Å². The number of hydrogen-bond donors (Lipinski definition) is 0. The van der Waals surface area contributed by atoms with Gasteiger partial charge in [-0.15, -0.1) is 0 Å². The SMILES string of the molecule is CCOc1ccc(-c2noc(CN(C)S(=O)(=O)Cc3ccc(Cl)c(Cl)c3)n2)cc1.